The molecular formula is C8H18N2O3. The van der Waals surface area contributed by atoms with Crippen molar-refractivity contribution in [2.24, 2.45) is 5.73 Å². The van der Waals surface area contributed by atoms with Crippen LogP contribution in [0.25, 0.3) is 0 Å². The molecule has 0 aliphatic carbocycles. The third kappa shape index (κ3) is 4.82. The zero-order valence-corrected chi connectivity index (χ0v) is 7.86. The molecule has 1 amide bonds. The van der Waals surface area contributed by atoms with Crippen LogP contribution in [0.5, 0.6) is 0 Å². The van der Waals surface area contributed by atoms with Crippen molar-refractivity contribution in [1.82, 2.24) is 5.32 Å². The highest BCUT2D eigenvalue weighted by Gasteiger charge is 2.15. The third-order valence-corrected chi connectivity index (χ3v) is 1.72. The van der Waals surface area contributed by atoms with E-state index in [9.17, 15) is 4.79 Å². The zero-order valence-electron chi connectivity index (χ0n) is 7.86. The second-order valence-electron chi connectivity index (χ2n) is 2.97. The van der Waals surface area contributed by atoms with Gasteiger partial charge in [0, 0.05) is 0 Å². The monoisotopic (exact) mass is 190 g/mol. The molecule has 78 valence electrons. The van der Waals surface area contributed by atoms with Crippen molar-refractivity contribution in [3.05, 3.63) is 0 Å². The summed E-state index contributed by atoms with van der Waals surface area (Å²) < 4.78 is 0. The predicted molar refractivity (Wildman–Crippen MR) is 49.0 cm³/mol. The van der Waals surface area contributed by atoms with Crippen molar-refractivity contribution in [2.75, 3.05) is 13.2 Å². The van der Waals surface area contributed by atoms with E-state index >= 15 is 0 Å². The molecule has 0 aromatic rings. The van der Waals surface area contributed by atoms with Crippen LogP contribution in [0.1, 0.15) is 19.8 Å². The molecule has 0 saturated carbocycles. The van der Waals surface area contributed by atoms with Gasteiger partial charge in [-0.3, -0.25) is 4.79 Å². The second-order valence-corrected chi connectivity index (χ2v) is 2.97. The first-order valence-electron chi connectivity index (χ1n) is 4.43. The standard InChI is InChI=1S/C8H18N2O3/c1-2-3-7(9)8(13)10-6(4-11)5-12/h6-7,11-12H,2-5,9H2,1H3,(H,10,13)/t7-/m0/s1. The van der Waals surface area contributed by atoms with Gasteiger partial charge >= 0.3 is 0 Å². The number of nitrogens with two attached hydrogens (primary N) is 1. The summed E-state index contributed by atoms with van der Waals surface area (Å²) in [5.41, 5.74) is 5.51. The van der Waals surface area contributed by atoms with Gasteiger partial charge in [0.1, 0.15) is 0 Å². The molecule has 1 atom stereocenters. The second kappa shape index (κ2) is 6.82. The van der Waals surface area contributed by atoms with Gasteiger partial charge in [0.05, 0.1) is 25.3 Å². The molecule has 5 nitrogen and oxygen atoms in total. The van der Waals surface area contributed by atoms with Crippen LogP contribution < -0.4 is 11.1 Å². The van der Waals surface area contributed by atoms with Crippen LogP contribution in [0.2, 0.25) is 0 Å². The van der Waals surface area contributed by atoms with Crippen LogP contribution in [0.3, 0.4) is 0 Å². The Labute approximate surface area is 77.9 Å². The molecule has 0 saturated heterocycles. The molecule has 0 unspecified atom stereocenters. The average molecular weight is 190 g/mol. The number of rotatable bonds is 6. The molecule has 0 aliphatic rings. The van der Waals surface area contributed by atoms with Crippen molar-refractivity contribution in [2.45, 2.75) is 31.8 Å². The minimum absolute atomic E-state index is 0.277. The molecule has 0 aromatic heterocycles. The predicted octanol–water partition coefficient (Wildman–Crippen LogP) is -1.42. The van der Waals surface area contributed by atoms with Crippen molar-refractivity contribution in [3.8, 4) is 0 Å². The quantitative estimate of drug-likeness (QED) is 0.413. The largest absolute Gasteiger partial charge is 0.394 e. The molecule has 5 N–H and O–H groups in total. The molecule has 0 spiro atoms. The van der Waals surface area contributed by atoms with Crippen molar-refractivity contribution >= 4 is 5.91 Å². The first-order chi connectivity index (χ1) is 6.15. The Bertz CT molecular complexity index is 148. The van der Waals surface area contributed by atoms with Crippen molar-refractivity contribution in [1.29, 1.82) is 0 Å². The molecule has 0 rings (SSSR count). The number of carbonyl (C=O) groups is 1. The summed E-state index contributed by atoms with van der Waals surface area (Å²) in [5.74, 6) is -0.324. The molecule has 0 fully saturated rings. The molecular weight excluding hydrogens is 172 g/mol. The van der Waals surface area contributed by atoms with E-state index in [4.69, 9.17) is 15.9 Å². The Morgan fingerprint density at radius 2 is 2.00 bits per heavy atom. The lowest BCUT2D eigenvalue weighted by molar-refractivity contribution is -0.123. The molecule has 0 aromatic carbocycles. The number of hydrogen-bond acceptors (Lipinski definition) is 4. The van der Waals surface area contributed by atoms with E-state index in [0.717, 1.165) is 6.42 Å². The van der Waals surface area contributed by atoms with E-state index < -0.39 is 12.1 Å². The van der Waals surface area contributed by atoms with Crippen LogP contribution in [-0.2, 0) is 4.79 Å². The van der Waals surface area contributed by atoms with E-state index in [1.54, 1.807) is 0 Å². The Morgan fingerprint density at radius 1 is 1.46 bits per heavy atom. The lowest BCUT2D eigenvalue weighted by atomic mass is 10.1. The summed E-state index contributed by atoms with van der Waals surface area (Å²) in [6, 6.07) is -1.15. The van der Waals surface area contributed by atoms with Gasteiger partial charge in [-0.1, -0.05) is 13.3 Å². The summed E-state index contributed by atoms with van der Waals surface area (Å²) in [4.78, 5) is 11.2. The highest BCUT2D eigenvalue weighted by molar-refractivity contribution is 5.81. The maximum Gasteiger partial charge on any atom is 0.237 e. The molecule has 5 heteroatoms. The number of aliphatic hydroxyl groups is 2. The SMILES string of the molecule is CCC[C@H](N)C(=O)NC(CO)CO. The lowest BCUT2D eigenvalue weighted by Crippen LogP contribution is -2.48. The zero-order chi connectivity index (χ0) is 10.3. The van der Waals surface area contributed by atoms with Crippen LogP contribution in [0, 0.1) is 0 Å². The summed E-state index contributed by atoms with van der Waals surface area (Å²) in [7, 11) is 0. The summed E-state index contributed by atoms with van der Waals surface area (Å²) >= 11 is 0. The summed E-state index contributed by atoms with van der Waals surface area (Å²) in [6.45, 7) is 1.38. The highest BCUT2D eigenvalue weighted by atomic mass is 16.3. The molecule has 13 heavy (non-hydrogen) atoms. The summed E-state index contributed by atoms with van der Waals surface area (Å²) in [5, 5.41) is 19.8. The number of nitrogens with one attached hydrogen (secondary N) is 1. The van der Waals surface area contributed by atoms with Crippen molar-refractivity contribution in [3.63, 3.8) is 0 Å². The van der Waals surface area contributed by atoms with Crippen LogP contribution in [0.4, 0.5) is 0 Å². The molecule has 0 radical (unpaired) electrons. The third-order valence-electron chi connectivity index (χ3n) is 1.72. The molecule has 0 aliphatic heterocycles. The topological polar surface area (TPSA) is 95.6 Å². The minimum Gasteiger partial charge on any atom is -0.394 e. The lowest BCUT2D eigenvalue weighted by Gasteiger charge is -2.16. The van der Waals surface area contributed by atoms with Gasteiger partial charge in [0.25, 0.3) is 0 Å². The Kier molecular flexibility index (Phi) is 6.48. The first-order valence-corrected chi connectivity index (χ1v) is 4.43. The van der Waals surface area contributed by atoms with Gasteiger partial charge < -0.3 is 21.3 Å². The first kappa shape index (κ1) is 12.3. The normalized spacial score (nSPS) is 13.0. The smallest absolute Gasteiger partial charge is 0.237 e. The molecule has 0 bridgehead atoms. The van der Waals surface area contributed by atoms with Gasteiger partial charge in [-0.05, 0) is 6.42 Å². The number of carbonyl (C=O) groups excluding carboxylic acids is 1. The Hall–Kier alpha value is -0.650. The highest BCUT2D eigenvalue weighted by Crippen LogP contribution is 1.93. The maximum atomic E-state index is 11.2. The van der Waals surface area contributed by atoms with Gasteiger partial charge in [-0.2, -0.15) is 0 Å². The number of amides is 1. The fourth-order valence-electron chi connectivity index (χ4n) is 0.899. The van der Waals surface area contributed by atoms with Gasteiger partial charge in [0.2, 0.25) is 5.91 Å². The minimum atomic E-state index is -0.601. The van der Waals surface area contributed by atoms with Gasteiger partial charge in [-0.25, -0.2) is 0 Å². The average Bonchev–Trinajstić information content (AvgIpc) is 2.14. The summed E-state index contributed by atoms with van der Waals surface area (Å²) in [6.07, 6.45) is 1.44. The van der Waals surface area contributed by atoms with Crippen molar-refractivity contribution < 1.29 is 15.0 Å². The number of aliphatic hydroxyl groups excluding tert-OH is 2. The van der Waals surface area contributed by atoms with Crippen LogP contribution in [0.15, 0.2) is 0 Å². The van der Waals surface area contributed by atoms with E-state index in [1.807, 2.05) is 6.92 Å². The van der Waals surface area contributed by atoms with Gasteiger partial charge in [0.15, 0.2) is 0 Å². The fourth-order valence-corrected chi connectivity index (χ4v) is 0.899. The van der Waals surface area contributed by atoms with E-state index in [2.05, 4.69) is 5.32 Å². The maximum absolute atomic E-state index is 11.2. The Morgan fingerprint density at radius 3 is 2.38 bits per heavy atom. The molecule has 0 heterocycles. The number of hydrogen-bond donors (Lipinski definition) is 4. The van der Waals surface area contributed by atoms with Crippen LogP contribution in [-0.4, -0.2) is 41.4 Å². The van der Waals surface area contributed by atoms with Crippen LogP contribution >= 0.6 is 0 Å². The van der Waals surface area contributed by atoms with Gasteiger partial charge in [-0.15, -0.1) is 0 Å². The van der Waals surface area contributed by atoms with E-state index in [-0.39, 0.29) is 19.1 Å². The Balaban J connectivity index is 3.83. The van der Waals surface area contributed by atoms with E-state index in [0.29, 0.717) is 6.42 Å². The van der Waals surface area contributed by atoms with E-state index in [1.165, 1.54) is 0 Å². The fraction of sp³-hybridized carbons (Fsp3) is 0.875.